The molecule has 0 aliphatic carbocycles. The molecule has 0 saturated heterocycles. The molecule has 0 radical (unpaired) electrons. The highest BCUT2D eigenvalue weighted by molar-refractivity contribution is 6.36. The van der Waals surface area contributed by atoms with E-state index in [0.29, 0.717) is 5.69 Å². The quantitative estimate of drug-likeness (QED) is 0.881. The van der Waals surface area contributed by atoms with Crippen LogP contribution in [0.5, 0.6) is 0 Å². The molecule has 2 aromatic carbocycles. The Hall–Kier alpha value is -1.78. The fourth-order valence-electron chi connectivity index (χ4n) is 1.76. The lowest BCUT2D eigenvalue weighted by molar-refractivity contribution is -0.138. The fraction of sp³-hybridized carbons (Fsp3) is 0.0714. The summed E-state index contributed by atoms with van der Waals surface area (Å²) in [5.41, 5.74) is 0.724. The molecule has 0 amide bonds. The normalized spacial score (nSPS) is 11.9. The topological polar surface area (TPSA) is 49.3 Å². The average Bonchev–Trinajstić information content (AvgIpc) is 2.39. The number of hydrogen-bond donors (Lipinski definition) is 2. The van der Waals surface area contributed by atoms with Crippen molar-refractivity contribution in [2.75, 3.05) is 5.32 Å². The van der Waals surface area contributed by atoms with Crippen LogP contribution in [0, 0.1) is 5.82 Å². The lowest BCUT2D eigenvalue weighted by Crippen LogP contribution is -2.21. The highest BCUT2D eigenvalue weighted by atomic mass is 35.5. The first kappa shape index (κ1) is 14.6. The van der Waals surface area contributed by atoms with Crippen LogP contribution in [0.1, 0.15) is 11.6 Å². The summed E-state index contributed by atoms with van der Waals surface area (Å²) in [7, 11) is 0. The van der Waals surface area contributed by atoms with Gasteiger partial charge in [0.1, 0.15) is 5.82 Å². The highest BCUT2D eigenvalue weighted by Gasteiger charge is 2.24. The van der Waals surface area contributed by atoms with E-state index >= 15 is 0 Å². The minimum atomic E-state index is -1.13. The van der Waals surface area contributed by atoms with E-state index in [4.69, 9.17) is 23.2 Å². The number of aliphatic carboxylic acids is 1. The van der Waals surface area contributed by atoms with Gasteiger partial charge < -0.3 is 10.4 Å². The van der Waals surface area contributed by atoms with Crippen molar-refractivity contribution in [3.05, 3.63) is 63.9 Å². The molecule has 0 heterocycles. The van der Waals surface area contributed by atoms with Crippen LogP contribution < -0.4 is 5.32 Å². The summed E-state index contributed by atoms with van der Waals surface area (Å²) in [5.74, 6) is -1.54. The van der Waals surface area contributed by atoms with Gasteiger partial charge in [0.2, 0.25) is 0 Å². The van der Waals surface area contributed by atoms with Crippen molar-refractivity contribution < 1.29 is 14.3 Å². The van der Waals surface area contributed by atoms with Crippen molar-refractivity contribution in [1.29, 1.82) is 0 Å². The van der Waals surface area contributed by atoms with Crippen LogP contribution in [0.25, 0.3) is 0 Å². The van der Waals surface area contributed by atoms with E-state index in [1.54, 1.807) is 18.2 Å². The van der Waals surface area contributed by atoms with Crippen LogP contribution in [0.4, 0.5) is 10.1 Å². The Balaban J connectivity index is 2.37. The predicted molar refractivity (Wildman–Crippen MR) is 76.9 cm³/mol. The molecule has 104 valence electrons. The molecule has 2 rings (SSSR count). The van der Waals surface area contributed by atoms with E-state index in [-0.39, 0.29) is 15.6 Å². The number of carboxylic acids is 1. The van der Waals surface area contributed by atoms with Crippen LogP contribution in [0.15, 0.2) is 42.5 Å². The molecule has 3 nitrogen and oxygen atoms in total. The number of carbonyl (C=O) groups is 1. The molecular weight excluding hydrogens is 304 g/mol. The van der Waals surface area contributed by atoms with E-state index in [1.165, 1.54) is 24.3 Å². The zero-order valence-corrected chi connectivity index (χ0v) is 11.6. The Morgan fingerprint density at radius 2 is 1.65 bits per heavy atom. The second-order valence-electron chi connectivity index (χ2n) is 4.06. The summed E-state index contributed by atoms with van der Waals surface area (Å²) in [4.78, 5) is 11.4. The Morgan fingerprint density at radius 1 is 1.10 bits per heavy atom. The van der Waals surface area contributed by atoms with Crippen molar-refractivity contribution in [2.45, 2.75) is 6.04 Å². The first-order valence-corrected chi connectivity index (χ1v) is 6.43. The predicted octanol–water partition coefficient (Wildman–Crippen LogP) is 4.37. The fourth-order valence-corrected chi connectivity index (χ4v) is 2.37. The van der Waals surface area contributed by atoms with Gasteiger partial charge in [0.25, 0.3) is 0 Å². The zero-order chi connectivity index (χ0) is 14.7. The highest BCUT2D eigenvalue weighted by Crippen LogP contribution is 2.32. The number of anilines is 1. The van der Waals surface area contributed by atoms with Crippen molar-refractivity contribution in [2.24, 2.45) is 0 Å². The summed E-state index contributed by atoms with van der Waals surface area (Å²) in [6.07, 6.45) is 0. The molecule has 20 heavy (non-hydrogen) atoms. The maximum Gasteiger partial charge on any atom is 0.330 e. The van der Waals surface area contributed by atoms with Crippen LogP contribution in [-0.2, 0) is 4.79 Å². The summed E-state index contributed by atoms with van der Waals surface area (Å²) in [5, 5.41) is 12.6. The van der Waals surface area contributed by atoms with E-state index in [2.05, 4.69) is 5.32 Å². The number of nitrogens with one attached hydrogen (secondary N) is 1. The second-order valence-corrected chi connectivity index (χ2v) is 4.87. The third-order valence-corrected chi connectivity index (χ3v) is 3.35. The summed E-state index contributed by atoms with van der Waals surface area (Å²) in [6.45, 7) is 0. The Bertz CT molecular complexity index is 611. The van der Waals surface area contributed by atoms with Gasteiger partial charge in [0.15, 0.2) is 6.04 Å². The second kappa shape index (κ2) is 6.11. The molecule has 2 aromatic rings. The molecule has 0 aromatic heterocycles. The first-order chi connectivity index (χ1) is 9.49. The van der Waals surface area contributed by atoms with E-state index < -0.39 is 17.8 Å². The van der Waals surface area contributed by atoms with Crippen molar-refractivity contribution in [3.8, 4) is 0 Å². The van der Waals surface area contributed by atoms with Gasteiger partial charge in [0.05, 0.1) is 0 Å². The number of rotatable bonds is 4. The molecule has 0 aliphatic rings. The lowest BCUT2D eigenvalue weighted by Gasteiger charge is -2.18. The van der Waals surface area contributed by atoms with Gasteiger partial charge in [0, 0.05) is 21.3 Å². The van der Waals surface area contributed by atoms with E-state index in [1.807, 2.05) is 0 Å². The molecule has 0 saturated carbocycles. The SMILES string of the molecule is O=C(O)C(Nc1ccc(F)cc1)c1c(Cl)cccc1Cl. The Morgan fingerprint density at radius 3 is 2.15 bits per heavy atom. The number of hydrogen-bond acceptors (Lipinski definition) is 2. The maximum atomic E-state index is 12.8. The van der Waals surface area contributed by atoms with Gasteiger partial charge in [-0.15, -0.1) is 0 Å². The largest absolute Gasteiger partial charge is 0.479 e. The minimum absolute atomic E-state index is 0.250. The third kappa shape index (κ3) is 3.21. The van der Waals surface area contributed by atoms with Gasteiger partial charge >= 0.3 is 5.97 Å². The number of benzene rings is 2. The van der Waals surface area contributed by atoms with Crippen LogP contribution in [0.3, 0.4) is 0 Å². The van der Waals surface area contributed by atoms with Crippen LogP contribution >= 0.6 is 23.2 Å². The molecule has 6 heteroatoms. The molecular formula is C14H10Cl2FNO2. The third-order valence-electron chi connectivity index (χ3n) is 2.69. The Kier molecular flexibility index (Phi) is 4.47. The molecule has 0 spiro atoms. The number of carboxylic acid groups (broad SMARTS) is 1. The monoisotopic (exact) mass is 313 g/mol. The van der Waals surface area contributed by atoms with Gasteiger partial charge in [-0.1, -0.05) is 29.3 Å². The smallest absolute Gasteiger partial charge is 0.330 e. The molecule has 0 bridgehead atoms. The van der Waals surface area contributed by atoms with Gasteiger partial charge in [-0.05, 0) is 36.4 Å². The van der Waals surface area contributed by atoms with Crippen molar-refractivity contribution in [1.82, 2.24) is 0 Å². The molecule has 1 unspecified atom stereocenters. The Labute approximate surface area is 124 Å². The standard InChI is InChI=1S/C14H10Cl2FNO2/c15-10-2-1-3-11(16)12(10)13(14(19)20)18-9-6-4-8(17)5-7-9/h1-7,13,18H,(H,19,20). The maximum absolute atomic E-state index is 12.8. The van der Waals surface area contributed by atoms with Gasteiger partial charge in [-0.2, -0.15) is 0 Å². The zero-order valence-electron chi connectivity index (χ0n) is 10.1. The van der Waals surface area contributed by atoms with Gasteiger partial charge in [-0.25, -0.2) is 9.18 Å². The van der Waals surface area contributed by atoms with Gasteiger partial charge in [-0.3, -0.25) is 0 Å². The van der Waals surface area contributed by atoms with Crippen molar-refractivity contribution in [3.63, 3.8) is 0 Å². The summed E-state index contributed by atoms with van der Waals surface area (Å²) < 4.78 is 12.8. The van der Waals surface area contributed by atoms with Crippen LogP contribution in [-0.4, -0.2) is 11.1 Å². The van der Waals surface area contributed by atoms with Crippen LogP contribution in [0.2, 0.25) is 10.0 Å². The van der Waals surface area contributed by atoms with E-state index in [9.17, 15) is 14.3 Å². The first-order valence-electron chi connectivity index (χ1n) is 5.68. The number of halogens is 3. The van der Waals surface area contributed by atoms with Crippen molar-refractivity contribution >= 4 is 34.9 Å². The summed E-state index contributed by atoms with van der Waals surface area (Å²) >= 11 is 12.0. The lowest BCUT2D eigenvalue weighted by atomic mass is 10.1. The molecule has 2 N–H and O–H groups in total. The van der Waals surface area contributed by atoms with E-state index in [0.717, 1.165) is 0 Å². The molecule has 0 fully saturated rings. The molecule has 1 atom stereocenters. The summed E-state index contributed by atoms with van der Waals surface area (Å²) in [6, 6.07) is 8.97. The minimum Gasteiger partial charge on any atom is -0.479 e. The average molecular weight is 314 g/mol. The molecule has 0 aliphatic heterocycles.